The van der Waals surface area contributed by atoms with E-state index in [1.165, 1.54) is 12.8 Å². The summed E-state index contributed by atoms with van der Waals surface area (Å²) in [5.41, 5.74) is 1.65. The van der Waals surface area contributed by atoms with Gasteiger partial charge in [-0.3, -0.25) is 0 Å². The maximum absolute atomic E-state index is 12.3. The molecular formula is C23H24N4O3. The number of nitrogens with one attached hydrogen (secondary N) is 1. The van der Waals surface area contributed by atoms with Gasteiger partial charge in [-0.1, -0.05) is 60.5 Å². The summed E-state index contributed by atoms with van der Waals surface area (Å²) in [6.07, 6.45) is 4.53. The lowest BCUT2D eigenvalue weighted by molar-refractivity contribution is 0.0438. The molecule has 5 rings (SSSR count). The van der Waals surface area contributed by atoms with E-state index in [9.17, 15) is 4.79 Å². The molecule has 1 saturated carbocycles. The molecule has 7 heteroatoms. The highest BCUT2D eigenvalue weighted by Gasteiger charge is 2.34. The summed E-state index contributed by atoms with van der Waals surface area (Å²) < 4.78 is 11.6. The standard InChI is InChI=1S/C23H24N4O3/c28-23(24-17-10-4-5-11-17)27-14-18(15-27)29-20-13-7-6-12-19(20)22-25-21(26-30-22)16-8-2-1-3-9-16/h1-3,6-9,12-13,17-18H,4-5,10-11,14-15H2,(H,24,28). The Labute approximate surface area is 175 Å². The van der Waals surface area contributed by atoms with E-state index in [1.54, 1.807) is 4.90 Å². The Kier molecular flexibility index (Phi) is 5.09. The Balaban J connectivity index is 1.23. The molecule has 154 valence electrons. The van der Waals surface area contributed by atoms with E-state index in [0.717, 1.165) is 24.0 Å². The fourth-order valence-electron chi connectivity index (χ4n) is 3.98. The van der Waals surface area contributed by atoms with Gasteiger partial charge in [-0.15, -0.1) is 0 Å². The van der Waals surface area contributed by atoms with Crippen LogP contribution in [0.2, 0.25) is 0 Å². The number of urea groups is 1. The Morgan fingerprint density at radius 3 is 2.57 bits per heavy atom. The van der Waals surface area contributed by atoms with Crippen LogP contribution in [0.4, 0.5) is 4.79 Å². The molecule has 1 aliphatic carbocycles. The summed E-state index contributed by atoms with van der Waals surface area (Å²) in [5.74, 6) is 1.64. The lowest BCUT2D eigenvalue weighted by Crippen LogP contribution is -2.59. The zero-order valence-corrected chi connectivity index (χ0v) is 16.7. The maximum atomic E-state index is 12.3. The quantitative estimate of drug-likeness (QED) is 0.692. The van der Waals surface area contributed by atoms with Gasteiger partial charge in [0, 0.05) is 11.6 Å². The fraction of sp³-hybridized carbons (Fsp3) is 0.348. The van der Waals surface area contributed by atoms with Crippen molar-refractivity contribution in [1.29, 1.82) is 0 Å². The first-order valence-electron chi connectivity index (χ1n) is 10.5. The van der Waals surface area contributed by atoms with Crippen molar-refractivity contribution in [2.24, 2.45) is 0 Å². The number of benzene rings is 2. The number of likely N-dealkylation sites (tertiary alicyclic amines) is 1. The van der Waals surface area contributed by atoms with Crippen molar-refractivity contribution in [3.8, 4) is 28.6 Å². The summed E-state index contributed by atoms with van der Waals surface area (Å²) in [7, 11) is 0. The largest absolute Gasteiger partial charge is 0.486 e. The van der Waals surface area contributed by atoms with Crippen LogP contribution in [0, 0.1) is 0 Å². The number of hydrogen-bond donors (Lipinski definition) is 1. The molecule has 0 unspecified atom stereocenters. The van der Waals surface area contributed by atoms with Crippen LogP contribution in [0.5, 0.6) is 5.75 Å². The molecule has 2 aliphatic rings. The van der Waals surface area contributed by atoms with Gasteiger partial charge in [-0.2, -0.15) is 4.98 Å². The van der Waals surface area contributed by atoms with Gasteiger partial charge in [-0.25, -0.2) is 4.79 Å². The maximum Gasteiger partial charge on any atom is 0.317 e. The van der Waals surface area contributed by atoms with Gasteiger partial charge in [0.15, 0.2) is 0 Å². The van der Waals surface area contributed by atoms with Crippen LogP contribution in [0.25, 0.3) is 22.8 Å². The van der Waals surface area contributed by atoms with Crippen molar-refractivity contribution in [3.05, 3.63) is 54.6 Å². The number of rotatable bonds is 5. The zero-order valence-electron chi connectivity index (χ0n) is 16.7. The molecular weight excluding hydrogens is 380 g/mol. The molecule has 0 spiro atoms. The first kappa shape index (κ1) is 18.7. The molecule has 0 atom stereocenters. The number of carbonyl (C=O) groups is 1. The highest BCUT2D eigenvalue weighted by Crippen LogP contribution is 2.32. The molecule has 1 aromatic heterocycles. The molecule has 7 nitrogen and oxygen atoms in total. The van der Waals surface area contributed by atoms with Crippen LogP contribution < -0.4 is 10.1 Å². The molecule has 1 N–H and O–H groups in total. The second-order valence-electron chi connectivity index (χ2n) is 7.86. The minimum absolute atomic E-state index is 0.0134. The molecule has 1 aliphatic heterocycles. The number of amides is 2. The van der Waals surface area contributed by atoms with Crippen molar-refractivity contribution < 1.29 is 14.1 Å². The third-order valence-corrected chi connectivity index (χ3v) is 5.69. The van der Waals surface area contributed by atoms with Gasteiger partial charge in [0.05, 0.1) is 18.7 Å². The average molecular weight is 404 g/mol. The average Bonchev–Trinajstić information content (AvgIpc) is 3.43. The molecule has 1 saturated heterocycles. The summed E-state index contributed by atoms with van der Waals surface area (Å²) in [6, 6.07) is 17.7. The third kappa shape index (κ3) is 3.87. The van der Waals surface area contributed by atoms with Crippen molar-refractivity contribution in [2.45, 2.75) is 37.8 Å². The van der Waals surface area contributed by atoms with E-state index in [4.69, 9.17) is 9.26 Å². The lowest BCUT2D eigenvalue weighted by atomic mass is 10.1. The lowest BCUT2D eigenvalue weighted by Gasteiger charge is -2.39. The summed E-state index contributed by atoms with van der Waals surface area (Å²) in [6.45, 7) is 1.15. The molecule has 0 radical (unpaired) electrons. The second kappa shape index (κ2) is 8.18. The number of nitrogens with zero attached hydrogens (tertiary/aromatic N) is 3. The second-order valence-corrected chi connectivity index (χ2v) is 7.86. The van der Waals surface area contributed by atoms with E-state index in [2.05, 4.69) is 15.5 Å². The Morgan fingerprint density at radius 2 is 1.77 bits per heavy atom. The smallest absolute Gasteiger partial charge is 0.317 e. The Bertz CT molecular complexity index is 1010. The Hall–Kier alpha value is -3.35. The molecule has 2 aromatic carbocycles. The SMILES string of the molecule is O=C(NC1CCCC1)N1CC(Oc2ccccc2-c2nc(-c3ccccc3)no2)C1. The van der Waals surface area contributed by atoms with Gasteiger partial charge in [0.2, 0.25) is 5.82 Å². The molecule has 0 bridgehead atoms. The molecule has 2 heterocycles. The van der Waals surface area contributed by atoms with Crippen LogP contribution in [-0.2, 0) is 0 Å². The van der Waals surface area contributed by atoms with Gasteiger partial charge in [0.25, 0.3) is 5.89 Å². The van der Waals surface area contributed by atoms with E-state index >= 15 is 0 Å². The van der Waals surface area contributed by atoms with Gasteiger partial charge in [-0.05, 0) is 25.0 Å². The normalized spacial score (nSPS) is 17.0. The fourth-order valence-corrected chi connectivity index (χ4v) is 3.98. The Morgan fingerprint density at radius 1 is 1.03 bits per heavy atom. The summed E-state index contributed by atoms with van der Waals surface area (Å²) >= 11 is 0. The molecule has 2 amide bonds. The van der Waals surface area contributed by atoms with Crippen LogP contribution >= 0.6 is 0 Å². The first-order valence-corrected chi connectivity index (χ1v) is 10.5. The summed E-state index contributed by atoms with van der Waals surface area (Å²) in [5, 5.41) is 7.22. The van der Waals surface area contributed by atoms with Gasteiger partial charge < -0.3 is 19.5 Å². The van der Waals surface area contributed by atoms with Crippen molar-refractivity contribution >= 4 is 6.03 Å². The van der Waals surface area contributed by atoms with Crippen molar-refractivity contribution in [1.82, 2.24) is 20.4 Å². The summed E-state index contributed by atoms with van der Waals surface area (Å²) in [4.78, 5) is 18.7. The van der Waals surface area contributed by atoms with Crippen LogP contribution in [0.1, 0.15) is 25.7 Å². The number of aromatic nitrogens is 2. The van der Waals surface area contributed by atoms with E-state index in [1.807, 2.05) is 54.6 Å². The monoisotopic (exact) mass is 404 g/mol. The molecule has 3 aromatic rings. The number of para-hydroxylation sites is 1. The van der Waals surface area contributed by atoms with E-state index in [-0.39, 0.29) is 12.1 Å². The third-order valence-electron chi connectivity index (χ3n) is 5.69. The van der Waals surface area contributed by atoms with Crippen LogP contribution in [0.15, 0.2) is 59.1 Å². The zero-order chi connectivity index (χ0) is 20.3. The highest BCUT2D eigenvalue weighted by atomic mass is 16.5. The number of ether oxygens (including phenoxy) is 1. The van der Waals surface area contributed by atoms with E-state index < -0.39 is 0 Å². The number of hydrogen-bond acceptors (Lipinski definition) is 5. The highest BCUT2D eigenvalue weighted by molar-refractivity contribution is 5.75. The minimum atomic E-state index is -0.0445. The van der Waals surface area contributed by atoms with Crippen LogP contribution in [-0.4, -0.2) is 46.3 Å². The predicted octanol–water partition coefficient (Wildman–Crippen LogP) is 4.12. The molecule has 30 heavy (non-hydrogen) atoms. The van der Waals surface area contributed by atoms with Crippen LogP contribution in [0.3, 0.4) is 0 Å². The minimum Gasteiger partial charge on any atom is -0.486 e. The molecule has 2 fully saturated rings. The predicted molar refractivity (Wildman–Crippen MR) is 112 cm³/mol. The first-order chi connectivity index (χ1) is 14.8. The van der Waals surface area contributed by atoms with Gasteiger partial charge >= 0.3 is 6.03 Å². The van der Waals surface area contributed by atoms with E-state index in [0.29, 0.717) is 36.6 Å². The topological polar surface area (TPSA) is 80.5 Å². The van der Waals surface area contributed by atoms with Gasteiger partial charge in [0.1, 0.15) is 11.9 Å². The number of carbonyl (C=O) groups excluding carboxylic acids is 1. The van der Waals surface area contributed by atoms with Crippen molar-refractivity contribution in [2.75, 3.05) is 13.1 Å². The van der Waals surface area contributed by atoms with Crippen molar-refractivity contribution in [3.63, 3.8) is 0 Å².